The van der Waals surface area contributed by atoms with Crippen molar-refractivity contribution in [1.82, 2.24) is 0 Å². The van der Waals surface area contributed by atoms with Crippen LogP contribution in [0.25, 0.3) is 10.4 Å². The molecule has 0 saturated heterocycles. The molecule has 1 N–H and O–H groups in total. The van der Waals surface area contributed by atoms with Gasteiger partial charge in [-0.1, -0.05) is 23.0 Å². The lowest BCUT2D eigenvalue weighted by Crippen LogP contribution is -2.00. The SMILES string of the molecule is Cc1ccc(C(=O)O)c(C#CCN=[N+]=[N-])c1. The molecule has 0 aliphatic carbocycles. The molecule has 5 heteroatoms. The Hall–Kier alpha value is -2.44. The molecule has 5 nitrogen and oxygen atoms in total. The van der Waals surface area contributed by atoms with E-state index in [-0.39, 0.29) is 12.1 Å². The highest BCUT2D eigenvalue weighted by molar-refractivity contribution is 5.90. The Bertz CT molecular complexity index is 520. The maximum atomic E-state index is 10.9. The highest BCUT2D eigenvalue weighted by Gasteiger charge is 2.07. The molecule has 0 atom stereocenters. The van der Waals surface area contributed by atoms with Gasteiger partial charge in [0.05, 0.1) is 12.1 Å². The van der Waals surface area contributed by atoms with Gasteiger partial charge in [0.1, 0.15) is 0 Å². The van der Waals surface area contributed by atoms with Gasteiger partial charge in [0.15, 0.2) is 0 Å². The molecule has 0 spiro atoms. The predicted octanol–water partition coefficient (Wildman–Crippen LogP) is 2.36. The van der Waals surface area contributed by atoms with E-state index in [0.29, 0.717) is 5.56 Å². The summed E-state index contributed by atoms with van der Waals surface area (Å²) in [6, 6.07) is 4.91. The average molecular weight is 215 g/mol. The van der Waals surface area contributed by atoms with Crippen LogP contribution in [0.5, 0.6) is 0 Å². The Morgan fingerprint density at radius 1 is 1.62 bits per heavy atom. The Labute approximate surface area is 92.3 Å². The molecule has 0 radical (unpaired) electrons. The number of nitrogens with zero attached hydrogens (tertiary/aromatic N) is 3. The second-order valence-corrected chi connectivity index (χ2v) is 3.04. The molecule has 80 valence electrons. The normalized spacial score (nSPS) is 8.56. The fourth-order valence-electron chi connectivity index (χ4n) is 1.15. The van der Waals surface area contributed by atoms with Crippen LogP contribution < -0.4 is 0 Å². The van der Waals surface area contributed by atoms with Crippen LogP contribution in [-0.4, -0.2) is 17.6 Å². The van der Waals surface area contributed by atoms with Crippen molar-refractivity contribution < 1.29 is 9.90 Å². The molecular formula is C11H9N3O2. The van der Waals surface area contributed by atoms with E-state index in [1.54, 1.807) is 12.1 Å². The summed E-state index contributed by atoms with van der Waals surface area (Å²) in [5, 5.41) is 12.2. The number of rotatable bonds is 2. The van der Waals surface area contributed by atoms with Gasteiger partial charge in [0.25, 0.3) is 0 Å². The van der Waals surface area contributed by atoms with Crippen LogP contribution in [0, 0.1) is 18.8 Å². The molecule has 0 unspecified atom stereocenters. The van der Waals surface area contributed by atoms with Gasteiger partial charge < -0.3 is 5.11 Å². The van der Waals surface area contributed by atoms with Gasteiger partial charge >= 0.3 is 5.97 Å². The first-order valence-electron chi connectivity index (χ1n) is 4.49. The number of carboxylic acid groups (broad SMARTS) is 1. The van der Waals surface area contributed by atoms with Crippen LogP contribution >= 0.6 is 0 Å². The van der Waals surface area contributed by atoms with Crippen molar-refractivity contribution in [2.45, 2.75) is 6.92 Å². The third-order valence-corrected chi connectivity index (χ3v) is 1.84. The van der Waals surface area contributed by atoms with Crippen LogP contribution in [0.2, 0.25) is 0 Å². The van der Waals surface area contributed by atoms with Crippen molar-refractivity contribution in [2.24, 2.45) is 5.11 Å². The molecule has 1 aromatic carbocycles. The van der Waals surface area contributed by atoms with Crippen molar-refractivity contribution >= 4 is 5.97 Å². The lowest BCUT2D eigenvalue weighted by molar-refractivity contribution is 0.0696. The largest absolute Gasteiger partial charge is 0.478 e. The van der Waals surface area contributed by atoms with Crippen LogP contribution in [0.15, 0.2) is 23.3 Å². The molecule has 1 aromatic rings. The van der Waals surface area contributed by atoms with Crippen molar-refractivity contribution in [1.29, 1.82) is 0 Å². The third-order valence-electron chi connectivity index (χ3n) is 1.84. The Balaban J connectivity index is 3.08. The molecule has 0 amide bonds. The number of aromatic carboxylic acids is 1. The third kappa shape index (κ3) is 3.05. The Morgan fingerprint density at radius 3 is 3.00 bits per heavy atom. The minimum atomic E-state index is -1.02. The minimum Gasteiger partial charge on any atom is -0.478 e. The molecule has 0 aliphatic heterocycles. The van der Waals surface area contributed by atoms with E-state index >= 15 is 0 Å². The standard InChI is InChI=1S/C11H9N3O2/c1-8-4-5-10(11(15)16)9(7-8)3-2-6-13-14-12/h4-5,7H,6H2,1H3,(H,15,16). The fourth-order valence-corrected chi connectivity index (χ4v) is 1.15. The highest BCUT2D eigenvalue weighted by Crippen LogP contribution is 2.10. The summed E-state index contributed by atoms with van der Waals surface area (Å²) in [7, 11) is 0. The summed E-state index contributed by atoms with van der Waals surface area (Å²) in [5.74, 6) is 4.25. The molecule has 1 rings (SSSR count). The number of aryl methyl sites for hydroxylation is 1. The van der Waals surface area contributed by atoms with E-state index in [2.05, 4.69) is 21.9 Å². The smallest absolute Gasteiger partial charge is 0.336 e. The number of azide groups is 1. The van der Waals surface area contributed by atoms with Crippen LogP contribution in [-0.2, 0) is 0 Å². The first-order chi connectivity index (χ1) is 7.65. The van der Waals surface area contributed by atoms with Crippen LogP contribution in [0.1, 0.15) is 21.5 Å². The van der Waals surface area contributed by atoms with E-state index < -0.39 is 5.97 Å². The monoisotopic (exact) mass is 215 g/mol. The topological polar surface area (TPSA) is 86.1 Å². The van der Waals surface area contributed by atoms with E-state index in [1.165, 1.54) is 6.07 Å². The number of hydrogen-bond acceptors (Lipinski definition) is 2. The minimum absolute atomic E-state index is 0.0313. The van der Waals surface area contributed by atoms with Crippen molar-refractivity contribution in [3.05, 3.63) is 45.3 Å². The van der Waals surface area contributed by atoms with Gasteiger partial charge in [-0.25, -0.2) is 4.79 Å². The first kappa shape index (κ1) is 11.6. The molecule has 0 fully saturated rings. The van der Waals surface area contributed by atoms with E-state index in [1.807, 2.05) is 6.92 Å². The maximum absolute atomic E-state index is 10.9. The lowest BCUT2D eigenvalue weighted by atomic mass is 10.1. The average Bonchev–Trinajstić information content (AvgIpc) is 2.24. The zero-order valence-electron chi connectivity index (χ0n) is 8.64. The molecule has 0 bridgehead atoms. The Morgan fingerprint density at radius 2 is 2.38 bits per heavy atom. The molecule has 0 saturated carbocycles. The van der Waals surface area contributed by atoms with Gasteiger partial charge in [0.2, 0.25) is 0 Å². The summed E-state index contributed by atoms with van der Waals surface area (Å²) in [4.78, 5) is 13.4. The second-order valence-electron chi connectivity index (χ2n) is 3.04. The predicted molar refractivity (Wildman–Crippen MR) is 59.0 cm³/mol. The summed E-state index contributed by atoms with van der Waals surface area (Å²) < 4.78 is 0. The summed E-state index contributed by atoms with van der Waals surface area (Å²) in [5.41, 5.74) is 9.56. The van der Waals surface area contributed by atoms with E-state index in [9.17, 15) is 4.79 Å². The molecular weight excluding hydrogens is 206 g/mol. The van der Waals surface area contributed by atoms with Crippen molar-refractivity contribution in [3.8, 4) is 11.8 Å². The second kappa shape index (κ2) is 5.44. The van der Waals surface area contributed by atoms with Gasteiger partial charge in [-0.05, 0) is 30.2 Å². The number of carbonyl (C=O) groups is 1. The van der Waals surface area contributed by atoms with Gasteiger partial charge in [0, 0.05) is 10.5 Å². The van der Waals surface area contributed by atoms with Gasteiger partial charge in [-0.15, -0.1) is 0 Å². The summed E-state index contributed by atoms with van der Waals surface area (Å²) in [6.45, 7) is 1.88. The highest BCUT2D eigenvalue weighted by atomic mass is 16.4. The fraction of sp³-hybridized carbons (Fsp3) is 0.182. The number of carboxylic acids is 1. The molecule has 0 aromatic heterocycles. The Kier molecular flexibility index (Phi) is 3.96. The summed E-state index contributed by atoms with van der Waals surface area (Å²) >= 11 is 0. The quantitative estimate of drug-likeness (QED) is 0.355. The summed E-state index contributed by atoms with van der Waals surface area (Å²) in [6.07, 6.45) is 0. The molecule has 0 heterocycles. The van der Waals surface area contributed by atoms with Crippen LogP contribution in [0.3, 0.4) is 0 Å². The zero-order chi connectivity index (χ0) is 12.0. The van der Waals surface area contributed by atoms with E-state index in [0.717, 1.165) is 5.56 Å². The van der Waals surface area contributed by atoms with Crippen molar-refractivity contribution in [3.63, 3.8) is 0 Å². The van der Waals surface area contributed by atoms with Gasteiger partial charge in [-0.2, -0.15) is 0 Å². The molecule has 16 heavy (non-hydrogen) atoms. The zero-order valence-corrected chi connectivity index (χ0v) is 8.64. The van der Waals surface area contributed by atoms with Crippen molar-refractivity contribution in [2.75, 3.05) is 6.54 Å². The van der Waals surface area contributed by atoms with Gasteiger partial charge in [-0.3, -0.25) is 0 Å². The lowest BCUT2D eigenvalue weighted by Gasteiger charge is -1.99. The van der Waals surface area contributed by atoms with E-state index in [4.69, 9.17) is 10.6 Å². The first-order valence-corrected chi connectivity index (χ1v) is 4.49. The molecule has 0 aliphatic rings. The maximum Gasteiger partial charge on any atom is 0.336 e. The number of benzene rings is 1. The van der Waals surface area contributed by atoms with Crippen LogP contribution in [0.4, 0.5) is 0 Å². The number of hydrogen-bond donors (Lipinski definition) is 1.